The number of ether oxygens (including phenoxy) is 1. The summed E-state index contributed by atoms with van der Waals surface area (Å²) in [6, 6.07) is 3.58. The Morgan fingerprint density at radius 1 is 1.43 bits per heavy atom. The molecule has 1 fully saturated rings. The Bertz CT molecular complexity index is 648. The molecule has 0 aliphatic carbocycles. The fraction of sp³-hybridized carbons (Fsp3) is 0.462. The monoisotopic (exact) mass is 319 g/mol. The largest absolute Gasteiger partial charge is 0.491 e. The highest BCUT2D eigenvalue weighted by Gasteiger charge is 2.40. The fourth-order valence-electron chi connectivity index (χ4n) is 2.13. The van der Waals surface area contributed by atoms with Crippen molar-refractivity contribution in [1.82, 2.24) is 0 Å². The minimum atomic E-state index is -4.79. The van der Waals surface area contributed by atoms with Gasteiger partial charge in [0.2, 0.25) is 5.91 Å². The maximum absolute atomic E-state index is 13.3. The molecular weight excluding hydrogens is 304 g/mol. The van der Waals surface area contributed by atoms with Crippen molar-refractivity contribution in [1.29, 1.82) is 0 Å². The quantitative estimate of drug-likeness (QED) is 0.779. The van der Waals surface area contributed by atoms with E-state index >= 15 is 0 Å². The van der Waals surface area contributed by atoms with Gasteiger partial charge < -0.3 is 9.64 Å². The molecule has 116 valence electrons. The first-order valence-electron chi connectivity index (χ1n) is 6.49. The van der Waals surface area contributed by atoms with Crippen LogP contribution >= 0.6 is 0 Å². The van der Waals surface area contributed by atoms with Gasteiger partial charge in [0.15, 0.2) is 0 Å². The number of hydrogen-bond acceptors (Lipinski definition) is 4. The van der Waals surface area contributed by atoms with E-state index in [4.69, 9.17) is 4.74 Å². The van der Waals surface area contributed by atoms with Crippen LogP contribution in [0.15, 0.2) is 18.2 Å². The lowest BCUT2D eigenvalue weighted by atomic mass is 10.2. The van der Waals surface area contributed by atoms with Gasteiger partial charge in [-0.15, -0.1) is 3.89 Å². The predicted octanol–water partition coefficient (Wildman–Crippen LogP) is 2.02. The lowest BCUT2D eigenvalue weighted by Crippen LogP contribution is -2.27. The van der Waals surface area contributed by atoms with Gasteiger partial charge in [0.05, 0.1) is 12.3 Å². The topological polar surface area (TPSA) is 63.7 Å². The summed E-state index contributed by atoms with van der Waals surface area (Å²) in [6.07, 6.45) is 0.259. The molecule has 1 aromatic carbocycles. The van der Waals surface area contributed by atoms with Crippen molar-refractivity contribution in [2.45, 2.75) is 25.0 Å². The van der Waals surface area contributed by atoms with Crippen molar-refractivity contribution < 1.29 is 26.2 Å². The third-order valence-corrected chi connectivity index (χ3v) is 4.27. The lowest BCUT2D eigenvalue weighted by molar-refractivity contribution is -0.117. The standard InChI is InChI=1S/C13H15F2NO4S/c1-2-5-20-12-6-9(14)3-4-11(12)16-8-10(7-13(16)17)21(15,18)19/h3-4,6,10H,2,5,7-8H2,1H3. The maximum atomic E-state index is 13.3. The molecule has 1 saturated heterocycles. The van der Waals surface area contributed by atoms with Crippen LogP contribution in [0.2, 0.25) is 0 Å². The van der Waals surface area contributed by atoms with Gasteiger partial charge in [-0.05, 0) is 18.6 Å². The van der Waals surface area contributed by atoms with Crippen molar-refractivity contribution in [2.75, 3.05) is 18.1 Å². The van der Waals surface area contributed by atoms with E-state index in [0.717, 1.165) is 17.0 Å². The summed E-state index contributed by atoms with van der Waals surface area (Å²) in [5, 5.41) is -1.39. The number of carbonyl (C=O) groups is 1. The van der Waals surface area contributed by atoms with Crippen molar-refractivity contribution in [2.24, 2.45) is 0 Å². The molecule has 21 heavy (non-hydrogen) atoms. The summed E-state index contributed by atoms with van der Waals surface area (Å²) in [6.45, 7) is 1.89. The van der Waals surface area contributed by atoms with Gasteiger partial charge in [0.1, 0.15) is 16.8 Å². The number of rotatable bonds is 5. The molecule has 0 aromatic heterocycles. The normalized spacial score (nSPS) is 19.1. The summed E-state index contributed by atoms with van der Waals surface area (Å²) in [5.74, 6) is -0.928. The van der Waals surface area contributed by atoms with Crippen LogP contribution in [0.25, 0.3) is 0 Å². The zero-order valence-electron chi connectivity index (χ0n) is 11.4. The molecule has 0 bridgehead atoms. The van der Waals surface area contributed by atoms with Gasteiger partial charge in [-0.2, -0.15) is 8.42 Å². The van der Waals surface area contributed by atoms with Crippen LogP contribution in [-0.2, 0) is 15.0 Å². The highest BCUT2D eigenvalue weighted by atomic mass is 32.3. The Hall–Kier alpha value is -1.70. The minimum Gasteiger partial charge on any atom is -0.491 e. The smallest absolute Gasteiger partial charge is 0.307 e. The van der Waals surface area contributed by atoms with Crippen molar-refractivity contribution in [3.63, 3.8) is 0 Å². The van der Waals surface area contributed by atoms with Crippen LogP contribution in [0.1, 0.15) is 19.8 Å². The first-order chi connectivity index (χ1) is 9.82. The number of amides is 1. The van der Waals surface area contributed by atoms with E-state index in [2.05, 4.69) is 0 Å². The van der Waals surface area contributed by atoms with Crippen LogP contribution in [0.5, 0.6) is 5.75 Å². The molecular formula is C13H15F2NO4S. The molecule has 0 spiro atoms. The van der Waals surface area contributed by atoms with Gasteiger partial charge in [-0.25, -0.2) is 4.39 Å². The Morgan fingerprint density at radius 2 is 2.14 bits per heavy atom. The molecule has 1 aliphatic rings. The Labute approximate surface area is 121 Å². The van der Waals surface area contributed by atoms with Crippen LogP contribution in [-0.4, -0.2) is 32.7 Å². The molecule has 0 N–H and O–H groups in total. The Kier molecular flexibility index (Phi) is 4.46. The van der Waals surface area contributed by atoms with Crippen molar-refractivity contribution in [3.05, 3.63) is 24.0 Å². The second kappa shape index (κ2) is 5.97. The minimum absolute atomic E-state index is 0.141. The van der Waals surface area contributed by atoms with E-state index in [1.165, 1.54) is 6.07 Å². The zero-order chi connectivity index (χ0) is 15.6. The number of carbonyl (C=O) groups excluding carboxylic acids is 1. The molecule has 1 heterocycles. The van der Waals surface area contributed by atoms with Crippen LogP contribution < -0.4 is 9.64 Å². The van der Waals surface area contributed by atoms with Crippen molar-refractivity contribution in [3.8, 4) is 5.75 Å². The van der Waals surface area contributed by atoms with E-state index < -0.39 is 33.6 Å². The van der Waals surface area contributed by atoms with Gasteiger partial charge in [0.25, 0.3) is 0 Å². The van der Waals surface area contributed by atoms with Gasteiger partial charge in [0, 0.05) is 19.0 Å². The number of hydrogen-bond donors (Lipinski definition) is 0. The van der Waals surface area contributed by atoms with Crippen molar-refractivity contribution >= 4 is 21.8 Å². The predicted molar refractivity (Wildman–Crippen MR) is 73.0 cm³/mol. The molecule has 1 unspecified atom stereocenters. The highest BCUT2D eigenvalue weighted by molar-refractivity contribution is 7.87. The molecule has 5 nitrogen and oxygen atoms in total. The molecule has 1 atom stereocenters. The summed E-state index contributed by atoms with van der Waals surface area (Å²) in [4.78, 5) is 13.0. The van der Waals surface area contributed by atoms with E-state index in [0.29, 0.717) is 13.0 Å². The second-order valence-electron chi connectivity index (χ2n) is 4.77. The number of halogens is 2. The van der Waals surface area contributed by atoms with Crippen LogP contribution in [0.3, 0.4) is 0 Å². The summed E-state index contributed by atoms with van der Waals surface area (Å²) in [5.41, 5.74) is 0.251. The number of benzene rings is 1. The average Bonchev–Trinajstić information content (AvgIpc) is 2.78. The van der Waals surface area contributed by atoms with Crippen LogP contribution in [0, 0.1) is 5.82 Å². The van der Waals surface area contributed by atoms with Gasteiger partial charge in [-0.3, -0.25) is 4.79 Å². The first-order valence-corrected chi connectivity index (χ1v) is 7.93. The Morgan fingerprint density at radius 3 is 2.71 bits per heavy atom. The molecule has 1 aliphatic heterocycles. The average molecular weight is 319 g/mol. The molecule has 1 amide bonds. The molecule has 0 saturated carbocycles. The number of nitrogens with zero attached hydrogens (tertiary/aromatic N) is 1. The zero-order valence-corrected chi connectivity index (χ0v) is 12.2. The highest BCUT2D eigenvalue weighted by Crippen LogP contribution is 2.34. The van der Waals surface area contributed by atoms with Gasteiger partial charge >= 0.3 is 10.2 Å². The third-order valence-electron chi connectivity index (χ3n) is 3.16. The number of anilines is 1. The SMILES string of the molecule is CCCOc1cc(F)ccc1N1CC(S(=O)(=O)F)CC1=O. The third kappa shape index (κ3) is 3.49. The summed E-state index contributed by atoms with van der Waals surface area (Å²) in [7, 11) is -4.79. The van der Waals surface area contributed by atoms with Gasteiger partial charge in [-0.1, -0.05) is 6.92 Å². The van der Waals surface area contributed by atoms with Crippen LogP contribution in [0.4, 0.5) is 14.0 Å². The lowest BCUT2D eigenvalue weighted by Gasteiger charge is -2.20. The van der Waals surface area contributed by atoms with E-state index in [-0.39, 0.29) is 18.0 Å². The summed E-state index contributed by atoms with van der Waals surface area (Å²) >= 11 is 0. The summed E-state index contributed by atoms with van der Waals surface area (Å²) < 4.78 is 53.5. The van der Waals surface area contributed by atoms with E-state index in [1.54, 1.807) is 0 Å². The second-order valence-corrected chi connectivity index (χ2v) is 6.38. The molecule has 2 rings (SSSR count). The first kappa shape index (κ1) is 15.7. The fourth-order valence-corrected chi connectivity index (χ4v) is 2.80. The molecule has 1 aromatic rings. The van der Waals surface area contributed by atoms with E-state index in [1.807, 2.05) is 6.92 Å². The maximum Gasteiger partial charge on any atom is 0.307 e. The molecule has 0 radical (unpaired) electrons. The Balaban J connectivity index is 2.31. The molecule has 8 heteroatoms. The van der Waals surface area contributed by atoms with E-state index in [9.17, 15) is 21.5 Å².